The molecular weight excluding hydrogens is 516 g/mol. The Hall–Kier alpha value is -0.683. The van der Waals surface area contributed by atoms with E-state index >= 15 is 0 Å². The molecule has 164 valence electrons. The highest BCUT2D eigenvalue weighted by Crippen LogP contribution is 2.38. The summed E-state index contributed by atoms with van der Waals surface area (Å²) in [5.41, 5.74) is 0. The Morgan fingerprint density at radius 3 is 1.83 bits per heavy atom. The molecule has 30 heavy (non-hydrogen) atoms. The summed E-state index contributed by atoms with van der Waals surface area (Å²) in [7, 11) is -2.48. The maximum Gasteiger partial charge on any atom is 0.261 e. The van der Waals surface area contributed by atoms with Gasteiger partial charge in [-0.15, -0.1) is 0 Å². The lowest BCUT2D eigenvalue weighted by atomic mass is 10.1. The lowest BCUT2D eigenvalue weighted by molar-refractivity contribution is 0.162. The zero-order valence-corrected chi connectivity index (χ0v) is 23.0. The number of benzene rings is 2. The van der Waals surface area contributed by atoms with Crippen molar-refractivity contribution in [1.29, 1.82) is 0 Å². The van der Waals surface area contributed by atoms with Crippen LogP contribution in [-0.2, 0) is 4.43 Å². The van der Waals surface area contributed by atoms with Crippen molar-refractivity contribution in [2.75, 3.05) is 0 Å². The third-order valence-electron chi connectivity index (χ3n) is 5.67. The molecule has 2 aromatic carbocycles. The van der Waals surface area contributed by atoms with Gasteiger partial charge >= 0.3 is 0 Å². The van der Waals surface area contributed by atoms with Crippen LogP contribution in [0.5, 0.6) is 0 Å². The van der Waals surface area contributed by atoms with Crippen LogP contribution in [0.25, 0.3) is 0 Å². The molecule has 1 atom stereocenters. The predicted molar refractivity (Wildman–Crippen MR) is 142 cm³/mol. The molecule has 0 spiro atoms. The molecule has 4 heteroatoms. The van der Waals surface area contributed by atoms with E-state index in [1.807, 2.05) is 0 Å². The van der Waals surface area contributed by atoms with E-state index < -0.39 is 8.32 Å². The van der Waals surface area contributed by atoms with Crippen LogP contribution in [0.1, 0.15) is 66.2 Å². The minimum atomic E-state index is -2.48. The lowest BCUT2D eigenvalue weighted by Gasteiger charge is -2.45. The number of rotatable bonds is 11. The van der Waals surface area contributed by atoms with Gasteiger partial charge in [0, 0.05) is 6.10 Å². The van der Waals surface area contributed by atoms with Gasteiger partial charge in [0.05, 0.1) is 3.39 Å². The molecule has 0 aromatic heterocycles. The maximum absolute atomic E-state index is 7.38. The zero-order valence-electron chi connectivity index (χ0n) is 18.8. The van der Waals surface area contributed by atoms with Gasteiger partial charge in [0.25, 0.3) is 8.32 Å². The summed E-state index contributed by atoms with van der Waals surface area (Å²) in [6.07, 6.45) is 9.28. The van der Waals surface area contributed by atoms with Crippen LogP contribution in [0.4, 0.5) is 0 Å². The molecule has 0 unspecified atom stereocenters. The molecule has 0 saturated heterocycles. The summed E-state index contributed by atoms with van der Waals surface area (Å²) in [5, 5.41) is 2.76. The second kappa shape index (κ2) is 12.4. The highest BCUT2D eigenvalue weighted by Gasteiger charge is 2.51. The molecule has 0 fully saturated rings. The quantitative estimate of drug-likeness (QED) is 0.203. The average molecular weight is 552 g/mol. The van der Waals surface area contributed by atoms with E-state index in [-0.39, 0.29) is 11.1 Å². The first-order valence-corrected chi connectivity index (χ1v) is 14.6. The molecule has 2 rings (SSSR count). The Bertz CT molecular complexity index is 725. The standard InChI is InChI=1S/C26H36Br2OSi/c1-5-6-15-22(16-13-14-21-25(27)28)29-30(26(2,3)4,23-17-9-7-10-18-23)24-19-11-8-12-20-24/h7-12,17-22H,5-6,13-16H2,1-4H3/t22-/m1/s1. The van der Waals surface area contributed by atoms with Crippen molar-refractivity contribution in [2.45, 2.75) is 77.4 Å². The molecule has 2 aromatic rings. The van der Waals surface area contributed by atoms with Gasteiger partial charge in [0.2, 0.25) is 0 Å². The molecule has 0 saturated carbocycles. The van der Waals surface area contributed by atoms with Crippen LogP contribution < -0.4 is 10.4 Å². The molecule has 0 heterocycles. The molecule has 0 aliphatic rings. The van der Waals surface area contributed by atoms with Crippen LogP contribution in [0.15, 0.2) is 70.1 Å². The van der Waals surface area contributed by atoms with Crippen LogP contribution in [0.2, 0.25) is 5.04 Å². The number of hydrogen-bond acceptors (Lipinski definition) is 1. The third kappa shape index (κ3) is 6.91. The Morgan fingerprint density at radius 2 is 1.40 bits per heavy atom. The van der Waals surface area contributed by atoms with E-state index in [9.17, 15) is 0 Å². The van der Waals surface area contributed by atoms with Crippen LogP contribution >= 0.6 is 31.9 Å². The van der Waals surface area contributed by atoms with Crippen LogP contribution in [0.3, 0.4) is 0 Å². The van der Waals surface area contributed by atoms with E-state index in [2.05, 4.69) is 126 Å². The molecule has 0 amide bonds. The van der Waals surface area contributed by atoms with Gasteiger partial charge in [0.15, 0.2) is 0 Å². The van der Waals surface area contributed by atoms with Crippen molar-refractivity contribution in [3.8, 4) is 0 Å². The predicted octanol–water partition coefficient (Wildman–Crippen LogP) is 7.92. The summed E-state index contributed by atoms with van der Waals surface area (Å²) in [6.45, 7) is 9.35. The zero-order chi connectivity index (χ0) is 22.0. The summed E-state index contributed by atoms with van der Waals surface area (Å²) in [4.78, 5) is 0. The largest absolute Gasteiger partial charge is 0.404 e. The minimum absolute atomic E-state index is 0.0267. The van der Waals surface area contributed by atoms with Gasteiger partial charge < -0.3 is 4.43 Å². The summed E-state index contributed by atoms with van der Waals surface area (Å²) < 4.78 is 8.41. The van der Waals surface area contributed by atoms with Crippen LogP contribution in [-0.4, -0.2) is 14.4 Å². The second-order valence-corrected chi connectivity index (χ2v) is 16.0. The first-order chi connectivity index (χ1) is 14.3. The minimum Gasteiger partial charge on any atom is -0.404 e. The molecule has 0 N–H and O–H groups in total. The summed E-state index contributed by atoms with van der Waals surface area (Å²) in [6, 6.07) is 22.0. The third-order valence-corrected chi connectivity index (χ3v) is 11.4. The lowest BCUT2D eigenvalue weighted by Crippen LogP contribution is -2.67. The Labute approximate surface area is 201 Å². The maximum atomic E-state index is 7.38. The van der Waals surface area contributed by atoms with Gasteiger partial charge in [-0.2, -0.15) is 0 Å². The number of unbranched alkanes of at least 4 members (excludes halogenated alkanes) is 2. The van der Waals surface area contributed by atoms with Gasteiger partial charge in [0.1, 0.15) is 0 Å². The fourth-order valence-corrected chi connectivity index (χ4v) is 9.40. The highest BCUT2D eigenvalue weighted by molar-refractivity contribution is 9.28. The average Bonchev–Trinajstić information content (AvgIpc) is 2.72. The Kier molecular flexibility index (Phi) is 10.6. The fourth-order valence-electron chi connectivity index (χ4n) is 4.19. The van der Waals surface area contributed by atoms with Crippen molar-refractivity contribution >= 4 is 50.6 Å². The van der Waals surface area contributed by atoms with Crippen LogP contribution in [0, 0.1) is 0 Å². The Morgan fingerprint density at radius 1 is 0.900 bits per heavy atom. The van der Waals surface area contributed by atoms with Crippen molar-refractivity contribution < 1.29 is 4.43 Å². The van der Waals surface area contributed by atoms with E-state index in [0.29, 0.717) is 0 Å². The highest BCUT2D eigenvalue weighted by atomic mass is 79.9. The van der Waals surface area contributed by atoms with Gasteiger partial charge in [-0.05, 0) is 73.0 Å². The SMILES string of the molecule is CCCC[C@H](CCCC=C(Br)Br)O[Si](c1ccccc1)(c1ccccc1)C(C)(C)C. The van der Waals surface area contributed by atoms with E-state index in [1.165, 1.54) is 23.2 Å². The normalized spacial score (nSPS) is 13.1. The molecular formula is C26H36Br2OSi. The molecule has 0 aliphatic heterocycles. The number of halogens is 2. The van der Waals surface area contributed by atoms with Crippen molar-refractivity contribution in [2.24, 2.45) is 0 Å². The van der Waals surface area contributed by atoms with Gasteiger partial charge in [-0.1, -0.05) is 107 Å². The van der Waals surface area contributed by atoms with Gasteiger partial charge in [-0.25, -0.2) is 0 Å². The number of allylic oxidation sites excluding steroid dienone is 1. The first-order valence-electron chi connectivity index (χ1n) is 11.1. The first kappa shape index (κ1) is 25.6. The van der Waals surface area contributed by atoms with Crippen molar-refractivity contribution in [1.82, 2.24) is 0 Å². The van der Waals surface area contributed by atoms with E-state index in [0.717, 1.165) is 29.1 Å². The molecule has 0 radical (unpaired) electrons. The summed E-state index contributed by atoms with van der Waals surface area (Å²) >= 11 is 6.95. The smallest absolute Gasteiger partial charge is 0.261 e. The Balaban J connectivity index is 2.46. The monoisotopic (exact) mass is 550 g/mol. The number of hydrogen-bond donors (Lipinski definition) is 0. The second-order valence-electron chi connectivity index (χ2n) is 8.97. The van der Waals surface area contributed by atoms with Crippen molar-refractivity contribution in [3.63, 3.8) is 0 Å². The molecule has 0 bridgehead atoms. The molecule has 0 aliphatic carbocycles. The van der Waals surface area contributed by atoms with E-state index in [1.54, 1.807) is 0 Å². The topological polar surface area (TPSA) is 9.23 Å². The summed E-state index contributed by atoms with van der Waals surface area (Å²) in [5.74, 6) is 0. The van der Waals surface area contributed by atoms with E-state index in [4.69, 9.17) is 4.43 Å². The van der Waals surface area contributed by atoms with Crippen molar-refractivity contribution in [3.05, 3.63) is 70.1 Å². The van der Waals surface area contributed by atoms with Gasteiger partial charge in [-0.3, -0.25) is 0 Å². The molecule has 1 nitrogen and oxygen atoms in total. The fraction of sp³-hybridized carbons (Fsp3) is 0.462.